The van der Waals surface area contributed by atoms with Crippen LogP contribution in [0.2, 0.25) is 0 Å². The van der Waals surface area contributed by atoms with E-state index >= 15 is 0 Å². The lowest BCUT2D eigenvalue weighted by molar-refractivity contribution is -0.00265. The Morgan fingerprint density at radius 3 is 2.29 bits per heavy atom. The highest BCUT2D eigenvalue weighted by atomic mass is 16.3. The molecular formula is C14H20O3. The van der Waals surface area contributed by atoms with E-state index in [9.17, 15) is 15.3 Å². The summed E-state index contributed by atoms with van der Waals surface area (Å²) in [6.07, 6.45) is 1.06. The average Bonchev–Trinajstić information content (AvgIpc) is 2.39. The van der Waals surface area contributed by atoms with Crippen molar-refractivity contribution in [1.29, 1.82) is 0 Å². The van der Waals surface area contributed by atoms with Crippen LogP contribution in [0.3, 0.4) is 0 Å². The van der Waals surface area contributed by atoms with Crippen molar-refractivity contribution < 1.29 is 15.3 Å². The van der Waals surface area contributed by atoms with Gasteiger partial charge in [-0.15, -0.1) is 0 Å². The third-order valence-electron chi connectivity index (χ3n) is 3.94. The standard InChI is InChI=1S/C14H20O3/c15-8-11-6-7-13(17)14(12(11)9-16)10-4-2-1-3-5-10/h1-5,11-17H,6-9H2/t11-,12-,13+,14+/m1/s1. The summed E-state index contributed by atoms with van der Waals surface area (Å²) >= 11 is 0. The van der Waals surface area contributed by atoms with Gasteiger partial charge < -0.3 is 15.3 Å². The molecule has 1 aliphatic carbocycles. The van der Waals surface area contributed by atoms with Gasteiger partial charge in [0.05, 0.1) is 6.10 Å². The van der Waals surface area contributed by atoms with Crippen LogP contribution >= 0.6 is 0 Å². The Labute approximate surface area is 102 Å². The molecule has 1 aliphatic rings. The van der Waals surface area contributed by atoms with E-state index in [2.05, 4.69) is 0 Å². The van der Waals surface area contributed by atoms with Gasteiger partial charge in [-0.2, -0.15) is 0 Å². The van der Waals surface area contributed by atoms with Gasteiger partial charge in [-0.1, -0.05) is 30.3 Å². The second kappa shape index (κ2) is 5.63. The third kappa shape index (κ3) is 2.51. The van der Waals surface area contributed by atoms with E-state index in [1.807, 2.05) is 30.3 Å². The van der Waals surface area contributed by atoms with Gasteiger partial charge in [0.2, 0.25) is 0 Å². The summed E-state index contributed by atoms with van der Waals surface area (Å²) in [5.41, 5.74) is 1.05. The molecule has 0 aliphatic heterocycles. The number of aliphatic hydroxyl groups excluding tert-OH is 3. The van der Waals surface area contributed by atoms with E-state index in [1.165, 1.54) is 0 Å². The normalized spacial score (nSPS) is 33.6. The number of rotatable bonds is 3. The van der Waals surface area contributed by atoms with Gasteiger partial charge in [0.15, 0.2) is 0 Å². The highest BCUT2D eigenvalue weighted by Crippen LogP contribution is 2.41. The molecule has 1 aromatic rings. The zero-order valence-electron chi connectivity index (χ0n) is 9.87. The summed E-state index contributed by atoms with van der Waals surface area (Å²) < 4.78 is 0. The monoisotopic (exact) mass is 236 g/mol. The average molecular weight is 236 g/mol. The Hall–Kier alpha value is -0.900. The summed E-state index contributed by atoms with van der Waals surface area (Å²) in [5.74, 6) is -0.0214. The summed E-state index contributed by atoms with van der Waals surface area (Å²) in [6, 6.07) is 9.79. The molecule has 2 rings (SSSR count). The first kappa shape index (κ1) is 12.6. The molecule has 3 heteroatoms. The number of aliphatic hydroxyl groups is 3. The predicted molar refractivity (Wildman–Crippen MR) is 65.6 cm³/mol. The first-order valence-electron chi connectivity index (χ1n) is 6.22. The molecule has 0 spiro atoms. The smallest absolute Gasteiger partial charge is 0.0612 e. The van der Waals surface area contributed by atoms with Crippen LogP contribution in [0.4, 0.5) is 0 Å². The van der Waals surface area contributed by atoms with Crippen molar-refractivity contribution in [3.05, 3.63) is 35.9 Å². The van der Waals surface area contributed by atoms with Crippen LogP contribution in [0.1, 0.15) is 24.3 Å². The van der Waals surface area contributed by atoms with Crippen LogP contribution in [0, 0.1) is 11.8 Å². The summed E-state index contributed by atoms with van der Waals surface area (Å²) in [6.45, 7) is 0.100. The van der Waals surface area contributed by atoms with Crippen LogP contribution in [-0.4, -0.2) is 34.6 Å². The summed E-state index contributed by atoms with van der Waals surface area (Å²) in [4.78, 5) is 0. The van der Waals surface area contributed by atoms with E-state index in [-0.39, 0.29) is 31.0 Å². The van der Waals surface area contributed by atoms with E-state index in [0.717, 1.165) is 12.0 Å². The molecule has 0 bridgehead atoms. The molecule has 0 unspecified atom stereocenters. The van der Waals surface area contributed by atoms with Crippen molar-refractivity contribution >= 4 is 0 Å². The predicted octanol–water partition coefficient (Wildman–Crippen LogP) is 1.14. The number of hydrogen-bond donors (Lipinski definition) is 3. The maximum absolute atomic E-state index is 10.1. The van der Waals surface area contributed by atoms with Crippen molar-refractivity contribution in [2.75, 3.05) is 13.2 Å². The van der Waals surface area contributed by atoms with Crippen molar-refractivity contribution in [3.8, 4) is 0 Å². The minimum atomic E-state index is -0.419. The molecular weight excluding hydrogens is 216 g/mol. The molecule has 17 heavy (non-hydrogen) atoms. The van der Waals surface area contributed by atoms with Gasteiger partial charge in [0, 0.05) is 19.1 Å². The zero-order chi connectivity index (χ0) is 12.3. The first-order valence-corrected chi connectivity index (χ1v) is 6.22. The molecule has 0 radical (unpaired) electrons. The van der Waals surface area contributed by atoms with Crippen LogP contribution in [-0.2, 0) is 0 Å². The van der Waals surface area contributed by atoms with Gasteiger partial charge >= 0.3 is 0 Å². The van der Waals surface area contributed by atoms with Gasteiger partial charge in [-0.3, -0.25) is 0 Å². The number of hydrogen-bond acceptors (Lipinski definition) is 3. The Morgan fingerprint density at radius 1 is 1.00 bits per heavy atom. The second-order valence-electron chi connectivity index (χ2n) is 4.87. The lowest BCUT2D eigenvalue weighted by atomic mass is 9.68. The van der Waals surface area contributed by atoms with Gasteiger partial charge in [-0.25, -0.2) is 0 Å². The quantitative estimate of drug-likeness (QED) is 0.737. The molecule has 1 saturated carbocycles. The van der Waals surface area contributed by atoms with Crippen LogP contribution in [0.25, 0.3) is 0 Å². The highest BCUT2D eigenvalue weighted by Gasteiger charge is 2.38. The van der Waals surface area contributed by atoms with Crippen molar-refractivity contribution in [3.63, 3.8) is 0 Å². The van der Waals surface area contributed by atoms with Crippen molar-refractivity contribution in [2.24, 2.45) is 11.8 Å². The number of benzene rings is 1. The van der Waals surface area contributed by atoms with Crippen molar-refractivity contribution in [1.82, 2.24) is 0 Å². The van der Waals surface area contributed by atoms with Gasteiger partial charge in [0.25, 0.3) is 0 Å². The molecule has 0 saturated heterocycles. The maximum atomic E-state index is 10.1. The van der Waals surface area contributed by atoms with Crippen molar-refractivity contribution in [2.45, 2.75) is 24.9 Å². The minimum Gasteiger partial charge on any atom is -0.396 e. The fourth-order valence-corrected chi connectivity index (χ4v) is 2.99. The minimum absolute atomic E-state index is 0.0157. The molecule has 4 atom stereocenters. The second-order valence-corrected chi connectivity index (χ2v) is 4.87. The molecule has 0 amide bonds. The van der Waals surface area contributed by atoms with E-state index in [0.29, 0.717) is 6.42 Å². The molecule has 1 aromatic carbocycles. The molecule has 1 fully saturated rings. The van der Waals surface area contributed by atoms with E-state index in [4.69, 9.17) is 0 Å². The fourth-order valence-electron chi connectivity index (χ4n) is 2.99. The summed E-state index contributed by atoms with van der Waals surface area (Å²) in [5, 5.41) is 29.0. The Kier molecular flexibility index (Phi) is 4.15. The first-order chi connectivity index (χ1) is 8.27. The Morgan fingerprint density at radius 2 is 1.71 bits per heavy atom. The Bertz CT molecular complexity index is 339. The maximum Gasteiger partial charge on any atom is 0.0612 e. The van der Waals surface area contributed by atoms with E-state index < -0.39 is 6.10 Å². The lowest BCUT2D eigenvalue weighted by Gasteiger charge is -2.40. The molecule has 3 N–H and O–H groups in total. The Balaban J connectivity index is 2.27. The highest BCUT2D eigenvalue weighted by molar-refractivity contribution is 5.23. The van der Waals surface area contributed by atoms with Gasteiger partial charge in [-0.05, 0) is 30.2 Å². The summed E-state index contributed by atoms with van der Waals surface area (Å²) in [7, 11) is 0. The van der Waals surface area contributed by atoms with Crippen LogP contribution in [0.15, 0.2) is 30.3 Å². The van der Waals surface area contributed by atoms with E-state index in [1.54, 1.807) is 0 Å². The largest absolute Gasteiger partial charge is 0.396 e. The topological polar surface area (TPSA) is 60.7 Å². The zero-order valence-corrected chi connectivity index (χ0v) is 9.87. The lowest BCUT2D eigenvalue weighted by Crippen LogP contribution is -2.39. The molecule has 94 valence electrons. The SMILES string of the molecule is OC[C@H]1CC[C@H](O)[C@@H](c2ccccc2)[C@@H]1CO. The third-order valence-corrected chi connectivity index (χ3v) is 3.94. The van der Waals surface area contributed by atoms with Crippen LogP contribution < -0.4 is 0 Å². The molecule has 0 aromatic heterocycles. The fraction of sp³-hybridized carbons (Fsp3) is 0.571. The van der Waals surface area contributed by atoms with Gasteiger partial charge in [0.1, 0.15) is 0 Å². The molecule has 3 nitrogen and oxygen atoms in total. The van der Waals surface area contributed by atoms with Crippen LogP contribution in [0.5, 0.6) is 0 Å². The molecule has 0 heterocycles.